The van der Waals surface area contributed by atoms with E-state index in [4.69, 9.17) is 0 Å². The van der Waals surface area contributed by atoms with Crippen molar-refractivity contribution in [2.24, 2.45) is 4.99 Å². The molecule has 1 amide bonds. The maximum Gasteiger partial charge on any atom is 1.00 e. The van der Waals surface area contributed by atoms with Crippen molar-refractivity contribution in [2.75, 3.05) is 0 Å². The molecule has 0 bridgehead atoms. The predicted octanol–water partition coefficient (Wildman–Crippen LogP) is -1.34. The fraction of sp³-hybridized carbons (Fsp3) is 0.125. The first kappa shape index (κ1) is 25.3. The second-order valence-corrected chi connectivity index (χ2v) is 6.88. The van der Waals surface area contributed by atoms with E-state index >= 15 is 0 Å². The normalized spacial score (nSPS) is 12.5. The van der Waals surface area contributed by atoms with Crippen LogP contribution >= 0.6 is 0 Å². The van der Waals surface area contributed by atoms with Crippen molar-refractivity contribution in [1.82, 2.24) is 5.32 Å². The minimum absolute atomic E-state index is 0. The summed E-state index contributed by atoms with van der Waals surface area (Å²) in [7, 11) is 0. The summed E-state index contributed by atoms with van der Waals surface area (Å²) in [6.45, 7) is 0. The van der Waals surface area contributed by atoms with E-state index in [1.165, 1.54) is 24.4 Å². The van der Waals surface area contributed by atoms with Gasteiger partial charge in [0, 0.05) is 11.8 Å². The minimum Gasteiger partial charge on any atom is -0.548 e. The van der Waals surface area contributed by atoms with Crippen molar-refractivity contribution < 1.29 is 54.5 Å². The van der Waals surface area contributed by atoms with Crippen LogP contribution < -0.4 is 40.0 Å². The number of aliphatic carboxylic acids is 1. The maximum absolute atomic E-state index is 12.3. The Morgan fingerprint density at radius 2 is 1.69 bits per heavy atom. The molecular weight excluding hydrogens is 419 g/mol. The summed E-state index contributed by atoms with van der Waals surface area (Å²) in [6.07, 6.45) is -0.106. The molecule has 0 aromatic heterocycles. The van der Waals surface area contributed by atoms with E-state index in [1.807, 2.05) is 6.07 Å². The Balaban J connectivity index is 0.00000363. The summed E-state index contributed by atoms with van der Waals surface area (Å²) in [5, 5.41) is 34.3. The number of carboxylic acids is 1. The van der Waals surface area contributed by atoms with Gasteiger partial charge in [-0.05, 0) is 35.4 Å². The molecular formula is C24H21N2NaO5. The topological polar surface area (TPSA) is 122 Å². The van der Waals surface area contributed by atoms with Crippen LogP contribution in [0.15, 0.2) is 83.9 Å². The number of phenolic OH excluding ortho intramolecular Hbond substituents is 1. The Kier molecular flexibility index (Phi) is 9.61. The van der Waals surface area contributed by atoms with Gasteiger partial charge in [0.1, 0.15) is 11.9 Å². The number of aliphatic imine (C=N–C) groups is 1. The van der Waals surface area contributed by atoms with Crippen molar-refractivity contribution in [1.29, 1.82) is 0 Å². The minimum atomic E-state index is -1.63. The number of hydrogen-bond acceptors (Lipinski definition) is 6. The van der Waals surface area contributed by atoms with Gasteiger partial charge in [0.2, 0.25) is 5.91 Å². The smallest absolute Gasteiger partial charge is 0.548 e. The van der Waals surface area contributed by atoms with Crippen LogP contribution in [-0.4, -0.2) is 34.3 Å². The van der Waals surface area contributed by atoms with Gasteiger partial charge in [0.15, 0.2) is 0 Å². The number of aliphatic hydroxyl groups excluding tert-OH is 1. The molecule has 0 radical (unpaired) electrons. The van der Waals surface area contributed by atoms with Gasteiger partial charge in [-0.1, -0.05) is 54.6 Å². The predicted molar refractivity (Wildman–Crippen MR) is 114 cm³/mol. The first-order valence-corrected chi connectivity index (χ1v) is 9.58. The average molecular weight is 440 g/mol. The Bertz CT molecular complexity index is 1090. The van der Waals surface area contributed by atoms with E-state index in [2.05, 4.69) is 10.3 Å². The summed E-state index contributed by atoms with van der Waals surface area (Å²) in [5.41, 5.74) is 1.91. The Morgan fingerprint density at radius 3 is 2.38 bits per heavy atom. The summed E-state index contributed by atoms with van der Waals surface area (Å²) < 4.78 is 0. The molecule has 0 aliphatic heterocycles. The second kappa shape index (κ2) is 12.2. The SMILES string of the molecule is O=C(Cc1ccccc1)NC(C(=O)[O-])C(O)c1cccc(N=Cc2ccccc2O)c1.[Na+]. The van der Waals surface area contributed by atoms with Crippen LogP contribution in [0.5, 0.6) is 5.75 Å². The number of rotatable bonds is 8. The van der Waals surface area contributed by atoms with Crippen molar-refractivity contribution >= 4 is 23.8 Å². The molecule has 0 aliphatic carbocycles. The number of para-hydroxylation sites is 1. The van der Waals surface area contributed by atoms with E-state index in [0.717, 1.165) is 0 Å². The largest absolute Gasteiger partial charge is 1.00 e. The first-order chi connectivity index (χ1) is 14.9. The quantitative estimate of drug-likeness (QED) is 0.296. The molecule has 0 saturated carbocycles. The number of amides is 1. The van der Waals surface area contributed by atoms with Gasteiger partial charge in [-0.15, -0.1) is 0 Å². The third-order valence-electron chi connectivity index (χ3n) is 4.59. The zero-order valence-electron chi connectivity index (χ0n) is 17.5. The molecule has 2 atom stereocenters. The number of nitrogens with zero attached hydrogens (tertiary/aromatic N) is 1. The van der Waals surface area contributed by atoms with Crippen LogP contribution in [0, 0.1) is 0 Å². The number of hydrogen-bond donors (Lipinski definition) is 3. The number of aliphatic hydroxyl groups is 1. The fourth-order valence-corrected chi connectivity index (χ4v) is 2.99. The Labute approximate surface area is 207 Å². The van der Waals surface area contributed by atoms with Gasteiger partial charge in [0.05, 0.1) is 24.1 Å². The van der Waals surface area contributed by atoms with Crippen LogP contribution in [0.4, 0.5) is 5.69 Å². The first-order valence-electron chi connectivity index (χ1n) is 9.58. The van der Waals surface area contributed by atoms with Crippen LogP contribution in [0.2, 0.25) is 0 Å². The molecule has 3 aromatic carbocycles. The summed E-state index contributed by atoms with van der Waals surface area (Å²) >= 11 is 0. The van der Waals surface area contributed by atoms with E-state index in [9.17, 15) is 24.9 Å². The van der Waals surface area contributed by atoms with Crippen molar-refractivity contribution in [3.63, 3.8) is 0 Å². The third-order valence-corrected chi connectivity index (χ3v) is 4.59. The molecule has 8 heteroatoms. The van der Waals surface area contributed by atoms with Crippen LogP contribution in [0.25, 0.3) is 0 Å². The Morgan fingerprint density at radius 1 is 1.00 bits per heavy atom. The van der Waals surface area contributed by atoms with Gasteiger partial charge >= 0.3 is 29.6 Å². The van der Waals surface area contributed by atoms with Crippen LogP contribution in [0.1, 0.15) is 22.8 Å². The molecule has 0 spiro atoms. The van der Waals surface area contributed by atoms with Gasteiger partial charge in [-0.2, -0.15) is 0 Å². The van der Waals surface area contributed by atoms with E-state index in [1.54, 1.807) is 54.6 Å². The summed E-state index contributed by atoms with van der Waals surface area (Å²) in [5.74, 6) is -2.08. The average Bonchev–Trinajstić information content (AvgIpc) is 2.77. The number of phenols is 1. The van der Waals surface area contributed by atoms with Gasteiger partial charge < -0.3 is 25.4 Å². The van der Waals surface area contributed by atoms with E-state index in [-0.39, 0.29) is 47.3 Å². The standard InChI is InChI=1S/C24H22N2O5.Na/c27-20-12-5-4-9-18(20)15-25-19-11-6-10-17(14-19)23(29)22(24(30)31)26-21(28)13-16-7-2-1-3-8-16;/h1-12,14-15,22-23,27,29H,13H2,(H,26,28)(H,30,31);/q;+1/p-1. The molecule has 3 rings (SSSR count). The number of carbonyl (C=O) groups excluding carboxylic acids is 2. The molecule has 0 saturated heterocycles. The summed E-state index contributed by atoms with van der Waals surface area (Å²) in [4.78, 5) is 28.1. The molecule has 2 unspecified atom stereocenters. The fourth-order valence-electron chi connectivity index (χ4n) is 2.99. The molecule has 0 heterocycles. The number of carboxylic acid groups (broad SMARTS) is 1. The number of carbonyl (C=O) groups is 2. The number of nitrogens with one attached hydrogen (secondary N) is 1. The summed E-state index contributed by atoms with van der Waals surface area (Å²) in [6, 6.07) is 20.2. The maximum atomic E-state index is 12.3. The van der Waals surface area contributed by atoms with Crippen LogP contribution in [-0.2, 0) is 16.0 Å². The molecule has 0 aliphatic rings. The monoisotopic (exact) mass is 440 g/mol. The molecule has 158 valence electrons. The zero-order chi connectivity index (χ0) is 22.2. The molecule has 3 N–H and O–H groups in total. The second-order valence-electron chi connectivity index (χ2n) is 6.88. The number of aromatic hydroxyl groups is 1. The van der Waals surface area contributed by atoms with E-state index in [0.29, 0.717) is 16.8 Å². The molecule has 32 heavy (non-hydrogen) atoms. The molecule has 3 aromatic rings. The van der Waals surface area contributed by atoms with Crippen LogP contribution in [0.3, 0.4) is 0 Å². The molecule has 0 fully saturated rings. The van der Waals surface area contributed by atoms with Crippen molar-refractivity contribution in [2.45, 2.75) is 18.6 Å². The van der Waals surface area contributed by atoms with Gasteiger partial charge in [-0.25, -0.2) is 0 Å². The van der Waals surface area contributed by atoms with Crippen molar-refractivity contribution in [3.8, 4) is 5.75 Å². The number of benzene rings is 3. The van der Waals surface area contributed by atoms with Crippen molar-refractivity contribution in [3.05, 3.63) is 95.6 Å². The van der Waals surface area contributed by atoms with E-state index < -0.39 is 24.0 Å². The zero-order valence-corrected chi connectivity index (χ0v) is 19.5. The molecule has 7 nitrogen and oxygen atoms in total. The van der Waals surface area contributed by atoms with Gasteiger partial charge in [0.25, 0.3) is 0 Å². The van der Waals surface area contributed by atoms with Gasteiger partial charge in [-0.3, -0.25) is 9.79 Å². The Hall–Kier alpha value is -2.97. The third kappa shape index (κ3) is 7.03.